The second-order valence-electron chi connectivity index (χ2n) is 7.58. The van der Waals surface area contributed by atoms with Crippen LogP contribution in [0.5, 0.6) is 11.5 Å². The number of para-hydroxylation sites is 1. The molecule has 3 rings (SSSR count). The molecule has 1 aromatic heterocycles. The summed E-state index contributed by atoms with van der Waals surface area (Å²) in [6, 6.07) is 15.0. The third-order valence-electron chi connectivity index (χ3n) is 4.84. The highest BCUT2D eigenvalue weighted by atomic mass is 32.2. The minimum atomic E-state index is -0.206. The third kappa shape index (κ3) is 6.74. The summed E-state index contributed by atoms with van der Waals surface area (Å²) in [5.74, 6) is 2.88. The molecule has 0 saturated heterocycles. The van der Waals surface area contributed by atoms with Gasteiger partial charge in [-0.1, -0.05) is 25.1 Å². The molecule has 1 atom stereocenters. The van der Waals surface area contributed by atoms with E-state index < -0.39 is 0 Å². The van der Waals surface area contributed by atoms with Gasteiger partial charge < -0.3 is 19.2 Å². The summed E-state index contributed by atoms with van der Waals surface area (Å²) in [4.78, 5) is 2.20. The van der Waals surface area contributed by atoms with Crippen molar-refractivity contribution in [2.24, 2.45) is 0 Å². The molecule has 0 saturated carbocycles. The summed E-state index contributed by atoms with van der Waals surface area (Å²) >= 11 is 1.64. The van der Waals surface area contributed by atoms with Crippen molar-refractivity contribution in [3.63, 3.8) is 0 Å². The Balaban J connectivity index is 1.60. The molecular formula is C24H31N3O3S. The molecule has 0 aliphatic rings. The normalized spacial score (nSPS) is 12.3. The van der Waals surface area contributed by atoms with Gasteiger partial charge in [-0.3, -0.25) is 0 Å². The van der Waals surface area contributed by atoms with Gasteiger partial charge in [-0.15, -0.1) is 22.0 Å². The lowest BCUT2D eigenvalue weighted by Gasteiger charge is -2.13. The van der Waals surface area contributed by atoms with E-state index in [1.165, 1.54) is 6.42 Å². The molecule has 1 heterocycles. The van der Waals surface area contributed by atoms with Crippen LogP contribution in [0.4, 0.5) is 0 Å². The number of unbranched alkanes of at least 4 members (excludes halogenated alkanes) is 2. The Morgan fingerprint density at radius 1 is 1.03 bits per heavy atom. The van der Waals surface area contributed by atoms with Crippen molar-refractivity contribution in [1.82, 2.24) is 15.1 Å². The van der Waals surface area contributed by atoms with Gasteiger partial charge in [0.05, 0.1) is 6.61 Å². The van der Waals surface area contributed by atoms with Crippen LogP contribution in [0.2, 0.25) is 0 Å². The fourth-order valence-corrected chi connectivity index (χ4v) is 4.17. The van der Waals surface area contributed by atoms with Crippen LogP contribution in [-0.2, 0) is 0 Å². The van der Waals surface area contributed by atoms with Crippen LogP contribution in [0.25, 0.3) is 11.5 Å². The number of nitrogens with zero attached hydrogens (tertiary/aromatic N) is 3. The van der Waals surface area contributed by atoms with Gasteiger partial charge in [0.1, 0.15) is 16.7 Å². The van der Waals surface area contributed by atoms with E-state index in [2.05, 4.69) is 36.1 Å². The fraction of sp³-hybridized carbons (Fsp3) is 0.417. The number of rotatable bonds is 12. The lowest BCUT2D eigenvalue weighted by Crippen LogP contribution is -2.13. The van der Waals surface area contributed by atoms with E-state index in [0.29, 0.717) is 18.4 Å². The molecular weight excluding hydrogens is 410 g/mol. The molecule has 2 aromatic carbocycles. The van der Waals surface area contributed by atoms with E-state index in [9.17, 15) is 5.11 Å². The molecule has 3 aromatic rings. The van der Waals surface area contributed by atoms with Crippen molar-refractivity contribution in [2.75, 3.05) is 33.0 Å². The van der Waals surface area contributed by atoms with Crippen LogP contribution in [0, 0.1) is 0 Å². The first kappa shape index (κ1) is 23.2. The van der Waals surface area contributed by atoms with Crippen LogP contribution in [-0.4, -0.2) is 53.2 Å². The average molecular weight is 442 g/mol. The first-order valence-electron chi connectivity index (χ1n) is 10.7. The molecule has 0 radical (unpaired) electrons. The van der Waals surface area contributed by atoms with Crippen LogP contribution < -0.4 is 4.74 Å². The Kier molecular flexibility index (Phi) is 8.79. The molecule has 0 bridgehead atoms. The zero-order chi connectivity index (χ0) is 22.1. The van der Waals surface area contributed by atoms with E-state index in [-0.39, 0.29) is 11.0 Å². The maximum absolute atomic E-state index is 10.2. The van der Waals surface area contributed by atoms with E-state index in [1.807, 2.05) is 36.4 Å². The number of hydrogen-bond acceptors (Lipinski definition) is 7. The van der Waals surface area contributed by atoms with Crippen molar-refractivity contribution in [3.8, 4) is 23.0 Å². The molecule has 7 heteroatoms. The topological polar surface area (TPSA) is 71.6 Å². The van der Waals surface area contributed by atoms with Gasteiger partial charge in [0.25, 0.3) is 0 Å². The number of thioether (sulfide) groups is 1. The summed E-state index contributed by atoms with van der Waals surface area (Å²) in [7, 11) is 4.19. The summed E-state index contributed by atoms with van der Waals surface area (Å²) in [6.07, 6.45) is 3.40. The van der Waals surface area contributed by atoms with Crippen molar-refractivity contribution < 1.29 is 14.3 Å². The molecule has 166 valence electrons. The molecule has 0 amide bonds. The summed E-state index contributed by atoms with van der Waals surface area (Å²) in [5.41, 5.74) is 1.62. The Morgan fingerprint density at radius 3 is 2.52 bits per heavy atom. The Labute approximate surface area is 188 Å². The molecule has 1 unspecified atom stereocenters. The highest BCUT2D eigenvalue weighted by Gasteiger charge is 2.23. The van der Waals surface area contributed by atoms with Gasteiger partial charge in [0.15, 0.2) is 0 Å². The largest absolute Gasteiger partial charge is 0.508 e. The number of aromatic hydroxyl groups is 1. The van der Waals surface area contributed by atoms with Gasteiger partial charge in [-0.05, 0) is 76.0 Å². The quantitative estimate of drug-likeness (QED) is 0.378. The number of aromatic nitrogens is 2. The predicted octanol–water partition coefficient (Wildman–Crippen LogP) is 5.40. The molecule has 0 aliphatic carbocycles. The first-order chi connectivity index (χ1) is 15.1. The molecule has 6 nitrogen and oxygen atoms in total. The standard InChI is InChI=1S/C24H31N3O3S/c1-4-31-22(20-10-6-7-11-21(20)28)24-26-25-23(30-24)18-12-14-19(15-13-18)29-17-9-5-8-16-27(2)3/h6-7,10-15,22,28H,4-5,8-9,16-17H2,1-3H3. The highest BCUT2D eigenvalue weighted by molar-refractivity contribution is 7.99. The second kappa shape index (κ2) is 11.8. The summed E-state index contributed by atoms with van der Waals surface area (Å²) < 4.78 is 11.8. The van der Waals surface area contributed by atoms with Crippen molar-refractivity contribution in [1.29, 1.82) is 0 Å². The molecule has 31 heavy (non-hydrogen) atoms. The summed E-state index contributed by atoms with van der Waals surface area (Å²) in [6.45, 7) is 3.90. The van der Waals surface area contributed by atoms with Crippen LogP contribution in [0.1, 0.15) is 42.9 Å². The van der Waals surface area contributed by atoms with Gasteiger partial charge in [0, 0.05) is 11.1 Å². The predicted molar refractivity (Wildman–Crippen MR) is 126 cm³/mol. The van der Waals surface area contributed by atoms with E-state index in [0.717, 1.165) is 42.0 Å². The van der Waals surface area contributed by atoms with Crippen molar-refractivity contribution in [3.05, 3.63) is 60.0 Å². The van der Waals surface area contributed by atoms with E-state index >= 15 is 0 Å². The fourth-order valence-electron chi connectivity index (χ4n) is 3.22. The Morgan fingerprint density at radius 2 is 1.81 bits per heavy atom. The first-order valence-corrected chi connectivity index (χ1v) is 11.7. The Hall–Kier alpha value is -2.51. The van der Waals surface area contributed by atoms with E-state index in [1.54, 1.807) is 23.9 Å². The Bertz CT molecular complexity index is 928. The number of benzene rings is 2. The number of phenolic OH excluding ortho intramolecular Hbond substituents is 1. The van der Waals surface area contributed by atoms with Gasteiger partial charge in [0.2, 0.25) is 11.8 Å². The molecule has 0 spiro atoms. The second-order valence-corrected chi connectivity index (χ2v) is 8.96. The SMILES string of the molecule is CCSC(c1nnc(-c2ccc(OCCCCCN(C)C)cc2)o1)c1ccccc1O. The number of phenols is 1. The van der Waals surface area contributed by atoms with Crippen molar-refractivity contribution >= 4 is 11.8 Å². The van der Waals surface area contributed by atoms with Gasteiger partial charge in [-0.25, -0.2) is 0 Å². The zero-order valence-corrected chi connectivity index (χ0v) is 19.3. The van der Waals surface area contributed by atoms with Gasteiger partial charge in [-0.2, -0.15) is 0 Å². The van der Waals surface area contributed by atoms with Crippen LogP contribution in [0.3, 0.4) is 0 Å². The van der Waals surface area contributed by atoms with Crippen molar-refractivity contribution in [2.45, 2.75) is 31.4 Å². The minimum Gasteiger partial charge on any atom is -0.508 e. The number of ether oxygens (including phenoxy) is 1. The highest BCUT2D eigenvalue weighted by Crippen LogP contribution is 2.39. The maximum Gasteiger partial charge on any atom is 0.247 e. The maximum atomic E-state index is 10.2. The lowest BCUT2D eigenvalue weighted by atomic mass is 10.1. The zero-order valence-electron chi connectivity index (χ0n) is 18.5. The number of hydrogen-bond donors (Lipinski definition) is 1. The minimum absolute atomic E-state index is 0.206. The molecule has 0 fully saturated rings. The van der Waals surface area contributed by atoms with E-state index in [4.69, 9.17) is 9.15 Å². The molecule has 1 N–H and O–H groups in total. The molecule has 0 aliphatic heterocycles. The average Bonchev–Trinajstić information content (AvgIpc) is 3.25. The lowest BCUT2D eigenvalue weighted by molar-refractivity contribution is 0.299. The monoisotopic (exact) mass is 441 g/mol. The summed E-state index contributed by atoms with van der Waals surface area (Å²) in [5, 5.41) is 18.5. The van der Waals surface area contributed by atoms with Gasteiger partial charge >= 0.3 is 0 Å². The van der Waals surface area contributed by atoms with Crippen LogP contribution in [0.15, 0.2) is 52.9 Å². The third-order valence-corrected chi connectivity index (χ3v) is 5.96. The smallest absolute Gasteiger partial charge is 0.247 e. The van der Waals surface area contributed by atoms with Crippen LogP contribution >= 0.6 is 11.8 Å².